The highest BCUT2D eigenvalue weighted by atomic mass is 16.6. The summed E-state index contributed by atoms with van der Waals surface area (Å²) in [5, 5.41) is 13.6. The van der Waals surface area contributed by atoms with E-state index in [1.807, 2.05) is 0 Å². The number of nitro groups is 1. The van der Waals surface area contributed by atoms with E-state index in [-0.39, 0.29) is 17.3 Å². The number of nitrogens with zero attached hydrogens (tertiary/aromatic N) is 2. The molecule has 7 heteroatoms. The number of nitrogen functional groups attached to an aromatic ring is 1. The highest BCUT2D eigenvalue weighted by Crippen LogP contribution is 2.22. The van der Waals surface area contributed by atoms with Crippen LogP contribution in [0, 0.1) is 10.1 Å². The summed E-state index contributed by atoms with van der Waals surface area (Å²) in [5.41, 5.74) is 5.41. The van der Waals surface area contributed by atoms with Crippen LogP contribution in [0.1, 0.15) is 19.8 Å². The Morgan fingerprint density at radius 1 is 1.50 bits per heavy atom. The Morgan fingerprint density at radius 2 is 2.28 bits per heavy atom. The number of hydrogen-bond donors (Lipinski definition) is 2. The minimum Gasteiger partial charge on any atom is -0.384 e. The van der Waals surface area contributed by atoms with Gasteiger partial charge in [0.05, 0.1) is 11.5 Å². The molecule has 0 bridgehead atoms. The average Bonchev–Trinajstić information content (AvgIpc) is 2.33. The molecule has 1 aromatic rings. The molecule has 0 aliphatic carbocycles. The number of anilines is 2. The molecule has 3 N–H and O–H groups in total. The van der Waals surface area contributed by atoms with Gasteiger partial charge in [0.15, 0.2) is 0 Å². The topological polar surface area (TPSA) is 103 Å². The van der Waals surface area contributed by atoms with Gasteiger partial charge in [-0.1, -0.05) is 13.3 Å². The van der Waals surface area contributed by atoms with Crippen LogP contribution in [0.3, 0.4) is 0 Å². The van der Waals surface area contributed by atoms with Crippen molar-refractivity contribution in [3.63, 3.8) is 0 Å². The molecule has 0 saturated carbocycles. The predicted octanol–water partition coefficient (Wildman–Crippen LogP) is 1.80. The maximum Gasteiger partial charge on any atom is 0.311 e. The van der Waals surface area contributed by atoms with Crippen LogP contribution >= 0.6 is 0 Å². The summed E-state index contributed by atoms with van der Waals surface area (Å²) in [6, 6.07) is 2.74. The maximum absolute atomic E-state index is 10.8. The van der Waals surface area contributed by atoms with Crippen molar-refractivity contribution in [2.45, 2.75) is 19.8 Å². The molecule has 0 aromatic carbocycles. The molecular formula is C11H18N4O3. The van der Waals surface area contributed by atoms with Gasteiger partial charge in [-0.2, -0.15) is 0 Å². The number of ether oxygens (including phenoxy) is 1. The average molecular weight is 254 g/mol. The van der Waals surface area contributed by atoms with Crippen molar-refractivity contribution in [2.24, 2.45) is 0 Å². The van der Waals surface area contributed by atoms with E-state index in [0.717, 1.165) is 12.8 Å². The summed E-state index contributed by atoms with van der Waals surface area (Å²) in [4.78, 5) is 14.2. The van der Waals surface area contributed by atoms with Gasteiger partial charge in [0.25, 0.3) is 0 Å². The van der Waals surface area contributed by atoms with E-state index in [0.29, 0.717) is 19.8 Å². The molecule has 0 atom stereocenters. The number of pyridine rings is 1. The Morgan fingerprint density at radius 3 is 2.94 bits per heavy atom. The van der Waals surface area contributed by atoms with E-state index < -0.39 is 4.92 Å². The smallest absolute Gasteiger partial charge is 0.311 e. The van der Waals surface area contributed by atoms with Crippen LogP contribution in [-0.2, 0) is 4.74 Å². The third-order valence-electron chi connectivity index (χ3n) is 2.27. The number of nitrogens with one attached hydrogen (secondary N) is 1. The van der Waals surface area contributed by atoms with E-state index in [1.54, 1.807) is 0 Å². The predicted molar refractivity (Wildman–Crippen MR) is 69.5 cm³/mol. The molecule has 18 heavy (non-hydrogen) atoms. The highest BCUT2D eigenvalue weighted by molar-refractivity contribution is 5.59. The van der Waals surface area contributed by atoms with Gasteiger partial charge in [-0.05, 0) is 12.5 Å². The van der Waals surface area contributed by atoms with Crippen molar-refractivity contribution in [1.29, 1.82) is 0 Å². The first kappa shape index (κ1) is 14.2. The molecule has 0 radical (unpaired) electrons. The number of aromatic nitrogens is 1. The van der Waals surface area contributed by atoms with E-state index in [9.17, 15) is 10.1 Å². The Hall–Kier alpha value is -1.89. The van der Waals surface area contributed by atoms with Gasteiger partial charge in [-0.25, -0.2) is 4.98 Å². The lowest BCUT2D eigenvalue weighted by Gasteiger charge is -2.07. The van der Waals surface area contributed by atoms with Crippen molar-refractivity contribution in [2.75, 3.05) is 30.8 Å². The SMILES string of the molecule is CCCCOCCNc1nc(N)ccc1[N+](=O)[O-]. The van der Waals surface area contributed by atoms with E-state index in [4.69, 9.17) is 10.5 Å². The van der Waals surface area contributed by atoms with Crippen LogP contribution in [0.25, 0.3) is 0 Å². The van der Waals surface area contributed by atoms with Crippen molar-refractivity contribution in [1.82, 2.24) is 4.98 Å². The van der Waals surface area contributed by atoms with Gasteiger partial charge < -0.3 is 15.8 Å². The second-order valence-electron chi connectivity index (χ2n) is 3.75. The van der Waals surface area contributed by atoms with Gasteiger partial charge in [-0.3, -0.25) is 10.1 Å². The minimum absolute atomic E-state index is 0.0854. The van der Waals surface area contributed by atoms with E-state index >= 15 is 0 Å². The molecule has 0 aliphatic heterocycles. The normalized spacial score (nSPS) is 10.3. The van der Waals surface area contributed by atoms with Crippen LogP contribution in [0.2, 0.25) is 0 Å². The molecule has 0 unspecified atom stereocenters. The van der Waals surface area contributed by atoms with Gasteiger partial charge in [0, 0.05) is 19.2 Å². The van der Waals surface area contributed by atoms with Gasteiger partial charge in [0.2, 0.25) is 5.82 Å². The molecule has 1 rings (SSSR count). The second-order valence-corrected chi connectivity index (χ2v) is 3.75. The lowest BCUT2D eigenvalue weighted by molar-refractivity contribution is -0.384. The number of nitrogens with two attached hydrogens (primary N) is 1. The molecule has 7 nitrogen and oxygen atoms in total. The van der Waals surface area contributed by atoms with Crippen molar-refractivity contribution in [3.05, 3.63) is 22.2 Å². The third kappa shape index (κ3) is 4.54. The summed E-state index contributed by atoms with van der Waals surface area (Å²) in [5.74, 6) is 0.425. The Labute approximate surface area is 105 Å². The number of hydrogen-bond acceptors (Lipinski definition) is 6. The summed E-state index contributed by atoms with van der Waals surface area (Å²) >= 11 is 0. The fourth-order valence-corrected chi connectivity index (χ4v) is 1.33. The van der Waals surface area contributed by atoms with Crippen LogP contribution in [0.5, 0.6) is 0 Å². The first-order valence-corrected chi connectivity index (χ1v) is 5.87. The highest BCUT2D eigenvalue weighted by Gasteiger charge is 2.14. The molecule has 0 amide bonds. The Balaban J connectivity index is 2.45. The van der Waals surface area contributed by atoms with Gasteiger partial charge in [0.1, 0.15) is 5.82 Å². The first-order chi connectivity index (χ1) is 8.65. The summed E-state index contributed by atoms with van der Waals surface area (Å²) in [7, 11) is 0. The largest absolute Gasteiger partial charge is 0.384 e. The van der Waals surface area contributed by atoms with Gasteiger partial charge in [-0.15, -0.1) is 0 Å². The van der Waals surface area contributed by atoms with Crippen LogP contribution in [0.4, 0.5) is 17.3 Å². The molecular weight excluding hydrogens is 236 g/mol. The summed E-state index contributed by atoms with van der Waals surface area (Å²) < 4.78 is 5.33. The van der Waals surface area contributed by atoms with Crippen LogP contribution in [-0.4, -0.2) is 29.7 Å². The molecule has 0 fully saturated rings. The molecule has 0 aliphatic rings. The quantitative estimate of drug-likeness (QED) is 0.416. The molecule has 1 aromatic heterocycles. The summed E-state index contributed by atoms with van der Waals surface area (Å²) in [6.45, 7) is 3.72. The maximum atomic E-state index is 10.8. The zero-order chi connectivity index (χ0) is 13.4. The van der Waals surface area contributed by atoms with E-state index in [2.05, 4.69) is 17.2 Å². The van der Waals surface area contributed by atoms with Crippen molar-refractivity contribution in [3.8, 4) is 0 Å². The standard InChI is InChI=1S/C11H18N4O3/c1-2-3-7-18-8-6-13-11-9(15(16)17)4-5-10(12)14-11/h4-5H,2-3,6-8H2,1H3,(H3,12,13,14). The zero-order valence-electron chi connectivity index (χ0n) is 10.4. The van der Waals surface area contributed by atoms with Crippen LogP contribution in [0.15, 0.2) is 12.1 Å². The lowest BCUT2D eigenvalue weighted by Crippen LogP contribution is -2.12. The molecule has 0 spiro atoms. The van der Waals surface area contributed by atoms with Gasteiger partial charge >= 0.3 is 5.69 Å². The van der Waals surface area contributed by atoms with Crippen molar-refractivity contribution < 1.29 is 9.66 Å². The first-order valence-electron chi connectivity index (χ1n) is 5.87. The van der Waals surface area contributed by atoms with Crippen LogP contribution < -0.4 is 11.1 Å². The number of rotatable bonds is 8. The Bertz CT molecular complexity index is 398. The number of unbranched alkanes of at least 4 members (excludes halogenated alkanes) is 1. The fourth-order valence-electron chi connectivity index (χ4n) is 1.33. The molecule has 0 saturated heterocycles. The second kappa shape index (κ2) is 7.44. The minimum atomic E-state index is -0.493. The third-order valence-corrected chi connectivity index (χ3v) is 2.27. The summed E-state index contributed by atoms with van der Waals surface area (Å²) in [6.07, 6.45) is 2.09. The molecule has 1 heterocycles. The monoisotopic (exact) mass is 254 g/mol. The lowest BCUT2D eigenvalue weighted by atomic mass is 10.3. The zero-order valence-corrected chi connectivity index (χ0v) is 10.4. The Kier molecular flexibility index (Phi) is 5.86. The van der Waals surface area contributed by atoms with E-state index in [1.165, 1.54) is 12.1 Å². The fraction of sp³-hybridized carbons (Fsp3) is 0.545. The van der Waals surface area contributed by atoms with Crippen molar-refractivity contribution >= 4 is 17.3 Å². The molecule has 100 valence electrons.